The van der Waals surface area contributed by atoms with Gasteiger partial charge in [0.05, 0.1) is 17.7 Å². The minimum Gasteiger partial charge on any atom is -0.393 e. The van der Waals surface area contributed by atoms with Crippen LogP contribution in [0, 0.1) is 17.2 Å². The molecule has 1 saturated carbocycles. The van der Waals surface area contributed by atoms with Crippen molar-refractivity contribution >= 4 is 5.91 Å². The Balaban J connectivity index is 1.85. The summed E-state index contributed by atoms with van der Waals surface area (Å²) in [7, 11) is 0. The second-order valence-corrected chi connectivity index (χ2v) is 5.08. The molecule has 0 saturated heterocycles. The van der Waals surface area contributed by atoms with Crippen LogP contribution in [0.2, 0.25) is 0 Å². The molecular formula is C15H18N2O2. The summed E-state index contributed by atoms with van der Waals surface area (Å²) in [4.78, 5) is 11.9. The topological polar surface area (TPSA) is 73.1 Å². The van der Waals surface area contributed by atoms with Gasteiger partial charge in [0.25, 0.3) is 5.91 Å². The maximum atomic E-state index is 11.9. The molecule has 0 spiro atoms. The average molecular weight is 258 g/mol. The third-order valence-electron chi connectivity index (χ3n) is 3.62. The Morgan fingerprint density at radius 2 is 2.11 bits per heavy atom. The SMILES string of the molecule is N#Cc1cccc(C(=O)NCC2CCC(O)CC2)c1. The van der Waals surface area contributed by atoms with Crippen LogP contribution >= 0.6 is 0 Å². The van der Waals surface area contributed by atoms with Crippen LogP contribution in [-0.2, 0) is 0 Å². The minimum atomic E-state index is -0.167. The summed E-state index contributed by atoms with van der Waals surface area (Å²) in [6.07, 6.45) is 3.40. The van der Waals surface area contributed by atoms with Crippen LogP contribution in [0.1, 0.15) is 41.6 Å². The molecule has 4 nitrogen and oxygen atoms in total. The van der Waals surface area contributed by atoms with E-state index < -0.39 is 0 Å². The van der Waals surface area contributed by atoms with E-state index >= 15 is 0 Å². The molecule has 100 valence electrons. The van der Waals surface area contributed by atoms with Crippen LogP contribution in [0.4, 0.5) is 0 Å². The number of nitriles is 1. The second-order valence-electron chi connectivity index (χ2n) is 5.08. The van der Waals surface area contributed by atoms with Crippen LogP contribution in [-0.4, -0.2) is 23.7 Å². The van der Waals surface area contributed by atoms with E-state index in [0.717, 1.165) is 25.7 Å². The molecule has 0 aliphatic heterocycles. The third kappa shape index (κ3) is 3.80. The van der Waals surface area contributed by atoms with Crippen molar-refractivity contribution < 1.29 is 9.90 Å². The summed E-state index contributed by atoms with van der Waals surface area (Å²) >= 11 is 0. The van der Waals surface area contributed by atoms with Crippen molar-refractivity contribution in [3.05, 3.63) is 35.4 Å². The zero-order valence-corrected chi connectivity index (χ0v) is 10.8. The molecule has 1 aromatic rings. The quantitative estimate of drug-likeness (QED) is 0.868. The highest BCUT2D eigenvalue weighted by Crippen LogP contribution is 2.23. The van der Waals surface area contributed by atoms with Crippen LogP contribution < -0.4 is 5.32 Å². The van der Waals surface area contributed by atoms with Gasteiger partial charge in [-0.15, -0.1) is 0 Å². The maximum absolute atomic E-state index is 11.9. The van der Waals surface area contributed by atoms with E-state index in [1.165, 1.54) is 0 Å². The Labute approximate surface area is 113 Å². The Morgan fingerprint density at radius 3 is 2.79 bits per heavy atom. The molecule has 0 heterocycles. The fraction of sp³-hybridized carbons (Fsp3) is 0.467. The number of aliphatic hydroxyl groups is 1. The van der Waals surface area contributed by atoms with Crippen molar-refractivity contribution in [2.75, 3.05) is 6.54 Å². The molecule has 1 aromatic carbocycles. The fourth-order valence-electron chi connectivity index (χ4n) is 2.42. The Morgan fingerprint density at radius 1 is 1.37 bits per heavy atom. The van der Waals surface area contributed by atoms with Crippen molar-refractivity contribution in [1.82, 2.24) is 5.32 Å². The Kier molecular flexibility index (Phi) is 4.53. The van der Waals surface area contributed by atoms with Crippen LogP contribution in [0.15, 0.2) is 24.3 Å². The van der Waals surface area contributed by atoms with Gasteiger partial charge in [-0.1, -0.05) is 6.07 Å². The van der Waals surface area contributed by atoms with Crippen molar-refractivity contribution in [2.24, 2.45) is 5.92 Å². The number of nitrogens with zero attached hydrogens (tertiary/aromatic N) is 1. The predicted molar refractivity (Wildman–Crippen MR) is 71.5 cm³/mol. The second kappa shape index (κ2) is 6.35. The van der Waals surface area contributed by atoms with Gasteiger partial charge in [0.1, 0.15) is 0 Å². The van der Waals surface area contributed by atoms with E-state index in [9.17, 15) is 9.90 Å². The van der Waals surface area contributed by atoms with Gasteiger partial charge in [-0.2, -0.15) is 5.26 Å². The normalized spacial score (nSPS) is 22.5. The number of hydrogen-bond acceptors (Lipinski definition) is 3. The number of hydrogen-bond donors (Lipinski definition) is 2. The van der Waals surface area contributed by atoms with Crippen LogP contribution in [0.5, 0.6) is 0 Å². The zero-order valence-electron chi connectivity index (χ0n) is 10.8. The molecule has 19 heavy (non-hydrogen) atoms. The molecule has 0 atom stereocenters. The Bertz CT molecular complexity index is 485. The smallest absolute Gasteiger partial charge is 0.251 e. The van der Waals surface area contributed by atoms with Crippen molar-refractivity contribution in [3.8, 4) is 6.07 Å². The van der Waals surface area contributed by atoms with Crippen molar-refractivity contribution in [1.29, 1.82) is 5.26 Å². The number of benzene rings is 1. The molecule has 2 rings (SSSR count). The number of nitrogens with one attached hydrogen (secondary N) is 1. The number of amides is 1. The maximum Gasteiger partial charge on any atom is 0.251 e. The minimum absolute atomic E-state index is 0.136. The molecule has 4 heteroatoms. The van der Waals surface area contributed by atoms with E-state index in [1.807, 2.05) is 6.07 Å². The van der Waals surface area contributed by atoms with E-state index in [4.69, 9.17) is 5.26 Å². The summed E-state index contributed by atoms with van der Waals surface area (Å²) in [5.74, 6) is 0.315. The third-order valence-corrected chi connectivity index (χ3v) is 3.62. The predicted octanol–water partition coefficient (Wildman–Crippen LogP) is 1.84. The highest BCUT2D eigenvalue weighted by molar-refractivity contribution is 5.94. The molecule has 0 aromatic heterocycles. The summed E-state index contributed by atoms with van der Waals surface area (Å²) in [6, 6.07) is 8.72. The van der Waals surface area contributed by atoms with Gasteiger partial charge in [0, 0.05) is 12.1 Å². The van der Waals surface area contributed by atoms with Gasteiger partial charge in [-0.3, -0.25) is 4.79 Å². The molecule has 0 bridgehead atoms. The van der Waals surface area contributed by atoms with Gasteiger partial charge < -0.3 is 10.4 Å². The summed E-state index contributed by atoms with van der Waals surface area (Å²) in [5, 5.41) is 21.1. The van der Waals surface area contributed by atoms with Gasteiger partial charge in [-0.25, -0.2) is 0 Å². The zero-order chi connectivity index (χ0) is 13.7. The first-order valence-electron chi connectivity index (χ1n) is 6.65. The molecule has 1 amide bonds. The molecule has 2 N–H and O–H groups in total. The van der Waals surface area contributed by atoms with Crippen LogP contribution in [0.25, 0.3) is 0 Å². The first-order chi connectivity index (χ1) is 9.19. The molecule has 0 unspecified atom stereocenters. The van der Waals surface area contributed by atoms with Gasteiger partial charge >= 0.3 is 0 Å². The molecule has 0 radical (unpaired) electrons. The fourth-order valence-corrected chi connectivity index (χ4v) is 2.42. The lowest BCUT2D eigenvalue weighted by Crippen LogP contribution is -2.32. The lowest BCUT2D eigenvalue weighted by Gasteiger charge is -2.25. The summed E-state index contributed by atoms with van der Waals surface area (Å²) < 4.78 is 0. The van der Waals surface area contributed by atoms with Crippen molar-refractivity contribution in [3.63, 3.8) is 0 Å². The van der Waals surface area contributed by atoms with Crippen LogP contribution in [0.3, 0.4) is 0 Å². The lowest BCUT2D eigenvalue weighted by atomic mass is 9.87. The number of rotatable bonds is 3. The Hall–Kier alpha value is -1.86. The largest absolute Gasteiger partial charge is 0.393 e. The molecule has 1 aliphatic rings. The number of aliphatic hydroxyl groups excluding tert-OH is 1. The highest BCUT2D eigenvalue weighted by Gasteiger charge is 2.19. The number of carbonyl (C=O) groups is 1. The van der Waals surface area contributed by atoms with E-state index in [1.54, 1.807) is 24.3 Å². The summed E-state index contributed by atoms with van der Waals surface area (Å²) in [6.45, 7) is 0.641. The van der Waals surface area contributed by atoms with Gasteiger partial charge in [0.2, 0.25) is 0 Å². The monoisotopic (exact) mass is 258 g/mol. The average Bonchev–Trinajstić information content (AvgIpc) is 2.46. The molecular weight excluding hydrogens is 240 g/mol. The first-order valence-corrected chi connectivity index (χ1v) is 6.65. The van der Waals surface area contributed by atoms with E-state index in [2.05, 4.69) is 5.32 Å². The van der Waals surface area contributed by atoms with Crippen molar-refractivity contribution in [2.45, 2.75) is 31.8 Å². The highest BCUT2D eigenvalue weighted by atomic mass is 16.3. The first kappa shape index (κ1) is 13.6. The van der Waals surface area contributed by atoms with Gasteiger partial charge in [-0.05, 0) is 49.8 Å². The summed E-state index contributed by atoms with van der Waals surface area (Å²) in [5.41, 5.74) is 1.02. The lowest BCUT2D eigenvalue weighted by molar-refractivity contribution is 0.0910. The van der Waals surface area contributed by atoms with E-state index in [0.29, 0.717) is 23.6 Å². The van der Waals surface area contributed by atoms with Gasteiger partial charge in [0.15, 0.2) is 0 Å². The number of carbonyl (C=O) groups excluding carboxylic acids is 1. The molecule has 1 aliphatic carbocycles. The molecule has 1 fully saturated rings. The van der Waals surface area contributed by atoms with E-state index in [-0.39, 0.29) is 12.0 Å². The standard InChI is InChI=1S/C15H18N2O2/c16-9-12-2-1-3-13(8-12)15(19)17-10-11-4-6-14(18)7-5-11/h1-3,8,11,14,18H,4-7,10H2,(H,17,19).